The quantitative estimate of drug-likeness (QED) is 0.0662. The summed E-state index contributed by atoms with van der Waals surface area (Å²) in [5.74, 6) is -1.35. The number of imidazole rings is 1. The number of carbonyl (C=O) groups excluding carboxylic acids is 2. The molecule has 1 fully saturated rings. The second kappa shape index (κ2) is 11.2. The molecule has 44 heavy (non-hydrogen) atoms. The number of benzene rings is 3. The third-order valence-corrected chi connectivity index (χ3v) is 10.1. The number of pyridine rings is 1. The Kier molecular flexibility index (Phi) is 7.20. The van der Waals surface area contributed by atoms with Gasteiger partial charge >= 0.3 is 5.91 Å². The number of amides is 1. The van der Waals surface area contributed by atoms with Crippen LogP contribution in [0.1, 0.15) is 34.1 Å². The number of hydrogen-bond donors (Lipinski definition) is 1. The van der Waals surface area contributed by atoms with Crippen LogP contribution < -0.4 is 4.90 Å². The maximum Gasteiger partial charge on any atom is 0.301 e. The van der Waals surface area contributed by atoms with E-state index >= 15 is 0 Å². The molecule has 1 saturated heterocycles. The van der Waals surface area contributed by atoms with Crippen LogP contribution in [-0.4, -0.2) is 36.4 Å². The molecule has 0 spiro atoms. The fraction of sp³-hybridized carbons (Fsp3) is 0.121. The maximum absolute atomic E-state index is 13.7. The number of aromatic nitrogens is 4. The van der Waals surface area contributed by atoms with Gasteiger partial charge in [-0.3, -0.25) is 14.5 Å². The van der Waals surface area contributed by atoms with E-state index in [1.807, 2.05) is 54.8 Å². The standard InChI is InChI=1S/C33H24ClN5O3S2/c1-18-8-7-15-38-19(2)26(35-30(18)38)28(40)25-27(21-11-6-13-23(34)16-21)39(31(42)29(25)41)32-36-37-33(44-32)43-17-22-12-5-10-20-9-3-4-14-24(20)22/h3-16,27,40H,17H2,1-2H3. The van der Waals surface area contributed by atoms with Gasteiger partial charge < -0.3 is 9.51 Å². The van der Waals surface area contributed by atoms with E-state index in [0.29, 0.717) is 32.0 Å². The van der Waals surface area contributed by atoms with Gasteiger partial charge in [0, 0.05) is 17.0 Å². The number of aliphatic hydroxyl groups excluding tert-OH is 1. The topological polar surface area (TPSA) is 101 Å². The normalized spacial score (nSPS) is 16.4. The molecule has 1 unspecified atom stereocenters. The monoisotopic (exact) mass is 637 g/mol. The summed E-state index contributed by atoms with van der Waals surface area (Å²) in [6, 6.07) is 24.1. The number of Topliss-reactive ketones (excluding diaryl/α,β-unsaturated/α-hetero) is 1. The summed E-state index contributed by atoms with van der Waals surface area (Å²) < 4.78 is 2.49. The number of anilines is 1. The van der Waals surface area contributed by atoms with E-state index in [9.17, 15) is 14.7 Å². The predicted molar refractivity (Wildman–Crippen MR) is 174 cm³/mol. The Balaban J connectivity index is 1.29. The molecule has 1 amide bonds. The highest BCUT2D eigenvalue weighted by molar-refractivity contribution is 8.00. The lowest BCUT2D eigenvalue weighted by molar-refractivity contribution is -0.132. The number of aliphatic hydroxyl groups is 1. The summed E-state index contributed by atoms with van der Waals surface area (Å²) in [7, 11) is 0. The van der Waals surface area contributed by atoms with Gasteiger partial charge in [0.25, 0.3) is 5.78 Å². The van der Waals surface area contributed by atoms with Gasteiger partial charge in [0.15, 0.2) is 10.1 Å². The number of fused-ring (bicyclic) bond motifs is 2. The van der Waals surface area contributed by atoms with Crippen LogP contribution in [0.2, 0.25) is 5.02 Å². The van der Waals surface area contributed by atoms with E-state index in [-0.39, 0.29) is 22.2 Å². The molecule has 7 rings (SSSR count). The van der Waals surface area contributed by atoms with Crippen LogP contribution >= 0.6 is 34.7 Å². The number of rotatable bonds is 6. The number of thioether (sulfide) groups is 1. The Hall–Kier alpha value is -4.51. The Bertz CT molecular complexity index is 2150. The van der Waals surface area contributed by atoms with Gasteiger partial charge in [0.1, 0.15) is 11.3 Å². The minimum atomic E-state index is -0.983. The van der Waals surface area contributed by atoms with Crippen LogP contribution in [0.5, 0.6) is 0 Å². The summed E-state index contributed by atoms with van der Waals surface area (Å²) in [4.78, 5) is 33.3. The molecule has 6 aromatic rings. The minimum Gasteiger partial charge on any atom is -0.505 e. The SMILES string of the molecule is Cc1cccn2c(C)c(C(O)=C3C(=O)C(=O)N(c4nnc(SCc5cccc6ccccc56)s4)C3c3cccc(Cl)c3)nc12. The summed E-state index contributed by atoms with van der Waals surface area (Å²) in [5.41, 5.74) is 4.05. The van der Waals surface area contributed by atoms with Crippen molar-refractivity contribution in [2.75, 3.05) is 4.90 Å². The van der Waals surface area contributed by atoms with Crippen molar-refractivity contribution in [1.82, 2.24) is 19.6 Å². The molecular formula is C33H24ClN5O3S2. The van der Waals surface area contributed by atoms with Crippen molar-refractivity contribution < 1.29 is 14.7 Å². The van der Waals surface area contributed by atoms with Gasteiger partial charge in [0.05, 0.1) is 17.3 Å². The first-order valence-corrected chi connectivity index (χ1v) is 15.9. The molecule has 0 aliphatic carbocycles. The number of carbonyl (C=O) groups is 2. The Labute approximate surface area is 265 Å². The highest BCUT2D eigenvalue weighted by Crippen LogP contribution is 2.45. The van der Waals surface area contributed by atoms with Crippen LogP contribution in [0.4, 0.5) is 5.13 Å². The molecule has 4 heterocycles. The summed E-state index contributed by atoms with van der Waals surface area (Å²) in [6.45, 7) is 3.73. The third-order valence-electron chi connectivity index (χ3n) is 7.75. The first-order valence-electron chi connectivity index (χ1n) is 13.8. The van der Waals surface area contributed by atoms with Crippen molar-refractivity contribution in [3.63, 3.8) is 0 Å². The molecule has 3 aromatic heterocycles. The average molecular weight is 638 g/mol. The average Bonchev–Trinajstić information content (AvgIpc) is 3.71. The van der Waals surface area contributed by atoms with Crippen LogP contribution in [0.15, 0.2) is 95.0 Å². The van der Waals surface area contributed by atoms with E-state index in [4.69, 9.17) is 11.6 Å². The fourth-order valence-corrected chi connectivity index (χ4v) is 7.68. The Morgan fingerprint density at radius 2 is 1.80 bits per heavy atom. The Morgan fingerprint density at radius 1 is 1.00 bits per heavy atom. The molecule has 11 heteroatoms. The molecule has 8 nitrogen and oxygen atoms in total. The lowest BCUT2D eigenvalue weighted by Gasteiger charge is -2.22. The highest BCUT2D eigenvalue weighted by atomic mass is 35.5. The van der Waals surface area contributed by atoms with Crippen LogP contribution in [0.3, 0.4) is 0 Å². The number of aryl methyl sites for hydroxylation is 2. The molecule has 3 aromatic carbocycles. The summed E-state index contributed by atoms with van der Waals surface area (Å²) in [5, 5.41) is 23.4. The largest absolute Gasteiger partial charge is 0.505 e. The second-order valence-corrected chi connectivity index (χ2v) is 13.0. The summed E-state index contributed by atoms with van der Waals surface area (Å²) >= 11 is 9.09. The van der Waals surface area contributed by atoms with Crippen LogP contribution in [0.25, 0.3) is 22.2 Å². The third kappa shape index (κ3) is 4.75. The zero-order chi connectivity index (χ0) is 30.5. The molecule has 218 valence electrons. The van der Waals surface area contributed by atoms with Crippen molar-refractivity contribution >= 4 is 73.7 Å². The molecule has 1 aliphatic heterocycles. The molecule has 0 saturated carbocycles. The fourth-order valence-electron chi connectivity index (χ4n) is 5.61. The molecule has 1 N–H and O–H groups in total. The van der Waals surface area contributed by atoms with Crippen molar-refractivity contribution in [2.24, 2.45) is 0 Å². The van der Waals surface area contributed by atoms with E-state index in [1.54, 1.807) is 24.3 Å². The van der Waals surface area contributed by atoms with Gasteiger partial charge in [-0.25, -0.2) is 4.98 Å². The van der Waals surface area contributed by atoms with Gasteiger partial charge in [-0.2, -0.15) is 0 Å². The number of ketones is 1. The van der Waals surface area contributed by atoms with Crippen LogP contribution in [0, 0.1) is 13.8 Å². The van der Waals surface area contributed by atoms with E-state index < -0.39 is 17.7 Å². The van der Waals surface area contributed by atoms with Crippen molar-refractivity contribution in [3.05, 3.63) is 124 Å². The predicted octanol–water partition coefficient (Wildman–Crippen LogP) is 7.53. The first kappa shape index (κ1) is 28.3. The number of halogens is 1. The Morgan fingerprint density at radius 3 is 2.61 bits per heavy atom. The molecular weight excluding hydrogens is 614 g/mol. The number of nitrogens with zero attached hydrogens (tertiary/aromatic N) is 5. The molecule has 1 aliphatic rings. The van der Waals surface area contributed by atoms with Gasteiger partial charge in [0.2, 0.25) is 5.13 Å². The lowest BCUT2D eigenvalue weighted by Crippen LogP contribution is -2.29. The van der Waals surface area contributed by atoms with Gasteiger partial charge in [-0.05, 0) is 59.5 Å². The van der Waals surface area contributed by atoms with Gasteiger partial charge in [-0.15, -0.1) is 10.2 Å². The van der Waals surface area contributed by atoms with E-state index in [2.05, 4.69) is 39.4 Å². The smallest absolute Gasteiger partial charge is 0.301 e. The molecule has 1 atom stereocenters. The maximum atomic E-state index is 13.7. The van der Waals surface area contributed by atoms with Crippen molar-refractivity contribution in [2.45, 2.75) is 30.0 Å². The molecule has 0 bridgehead atoms. The van der Waals surface area contributed by atoms with Crippen LogP contribution in [-0.2, 0) is 15.3 Å². The zero-order valence-electron chi connectivity index (χ0n) is 23.6. The van der Waals surface area contributed by atoms with E-state index in [1.165, 1.54) is 28.0 Å². The first-order chi connectivity index (χ1) is 21.3. The zero-order valence-corrected chi connectivity index (χ0v) is 26.0. The van der Waals surface area contributed by atoms with Crippen molar-refractivity contribution in [3.8, 4) is 0 Å². The lowest BCUT2D eigenvalue weighted by atomic mass is 9.96. The second-order valence-electron chi connectivity index (χ2n) is 10.4. The number of hydrogen-bond acceptors (Lipinski definition) is 8. The van der Waals surface area contributed by atoms with Crippen molar-refractivity contribution in [1.29, 1.82) is 0 Å². The summed E-state index contributed by atoms with van der Waals surface area (Å²) in [6.07, 6.45) is 1.84. The van der Waals surface area contributed by atoms with Gasteiger partial charge in [-0.1, -0.05) is 95.4 Å². The molecule has 0 radical (unpaired) electrons. The highest BCUT2D eigenvalue weighted by Gasteiger charge is 2.49. The minimum absolute atomic E-state index is 0.0819. The van der Waals surface area contributed by atoms with E-state index in [0.717, 1.165) is 21.9 Å².